The standard InChI is InChI=1S/C26H26N6O4/c1-28-24(34)19-15-29-23-21(19)25(36-17-11-13-35-14-12-17)31-26(30-23)32(16-7-3-2-4-8-16)20-10-6-5-9-18(20)22(27)33/h2-10,15,17H,11-14H2,1H3,(H2,27,33)(H,28,34)(H,29,30,31). The van der Waals surface area contributed by atoms with Gasteiger partial charge in [0.1, 0.15) is 11.8 Å². The molecule has 1 aliphatic rings. The number of aromatic amines is 1. The molecule has 4 aromatic rings. The summed E-state index contributed by atoms with van der Waals surface area (Å²) in [6.45, 7) is 1.17. The van der Waals surface area contributed by atoms with Gasteiger partial charge in [-0.1, -0.05) is 30.3 Å². The summed E-state index contributed by atoms with van der Waals surface area (Å²) in [6, 6.07) is 16.4. The molecule has 0 saturated carbocycles. The topological polar surface area (TPSA) is 135 Å². The summed E-state index contributed by atoms with van der Waals surface area (Å²) in [5.74, 6) is -0.324. The molecule has 36 heavy (non-hydrogen) atoms. The van der Waals surface area contributed by atoms with Gasteiger partial charge in [0.2, 0.25) is 11.8 Å². The second-order valence-corrected chi connectivity index (χ2v) is 8.32. The first kappa shape index (κ1) is 23.3. The van der Waals surface area contributed by atoms with E-state index >= 15 is 0 Å². The summed E-state index contributed by atoms with van der Waals surface area (Å²) in [7, 11) is 1.56. The van der Waals surface area contributed by atoms with Gasteiger partial charge in [0.05, 0.1) is 35.4 Å². The monoisotopic (exact) mass is 486 g/mol. The number of benzene rings is 2. The Labute approximate surface area is 207 Å². The summed E-state index contributed by atoms with van der Waals surface area (Å²) in [4.78, 5) is 39.3. The minimum Gasteiger partial charge on any atom is -0.474 e. The number of rotatable bonds is 7. The van der Waals surface area contributed by atoms with E-state index in [9.17, 15) is 9.59 Å². The van der Waals surface area contributed by atoms with E-state index in [0.29, 0.717) is 53.9 Å². The molecular weight excluding hydrogens is 460 g/mol. The molecule has 0 bridgehead atoms. The Morgan fingerprint density at radius 3 is 2.50 bits per heavy atom. The normalized spacial score (nSPS) is 13.9. The van der Waals surface area contributed by atoms with Gasteiger partial charge in [0.25, 0.3) is 11.8 Å². The first-order chi connectivity index (χ1) is 17.6. The molecule has 0 radical (unpaired) electrons. The fraction of sp³-hybridized carbons (Fsp3) is 0.231. The van der Waals surface area contributed by atoms with E-state index in [4.69, 9.17) is 25.2 Å². The van der Waals surface area contributed by atoms with E-state index in [1.807, 2.05) is 36.4 Å². The highest BCUT2D eigenvalue weighted by molar-refractivity contribution is 6.08. The van der Waals surface area contributed by atoms with Crippen molar-refractivity contribution in [2.45, 2.75) is 18.9 Å². The van der Waals surface area contributed by atoms with Crippen molar-refractivity contribution in [1.82, 2.24) is 20.3 Å². The van der Waals surface area contributed by atoms with Crippen LogP contribution < -0.4 is 20.7 Å². The van der Waals surface area contributed by atoms with Gasteiger partial charge in [-0.25, -0.2) is 0 Å². The van der Waals surface area contributed by atoms with Crippen LogP contribution in [0.25, 0.3) is 11.0 Å². The quantitative estimate of drug-likeness (QED) is 0.364. The molecular formula is C26H26N6O4. The highest BCUT2D eigenvalue weighted by Gasteiger charge is 2.27. The number of H-pyrrole nitrogens is 1. The maximum absolute atomic E-state index is 12.6. The second kappa shape index (κ2) is 10.0. The third-order valence-corrected chi connectivity index (χ3v) is 6.03. The van der Waals surface area contributed by atoms with E-state index in [2.05, 4.69) is 10.3 Å². The number of primary amides is 1. The van der Waals surface area contributed by atoms with Crippen LogP contribution in [0, 0.1) is 0 Å². The summed E-state index contributed by atoms with van der Waals surface area (Å²) < 4.78 is 11.8. The molecule has 3 heterocycles. The van der Waals surface area contributed by atoms with Crippen LogP contribution in [-0.2, 0) is 4.74 Å². The second-order valence-electron chi connectivity index (χ2n) is 8.32. The van der Waals surface area contributed by atoms with E-state index in [1.165, 1.54) is 0 Å². The first-order valence-electron chi connectivity index (χ1n) is 11.7. The minimum atomic E-state index is -0.576. The van der Waals surface area contributed by atoms with E-state index in [1.54, 1.807) is 36.3 Å². The van der Waals surface area contributed by atoms with Crippen LogP contribution >= 0.6 is 0 Å². The molecule has 0 spiro atoms. The number of nitrogens with one attached hydrogen (secondary N) is 2. The fourth-order valence-corrected chi connectivity index (χ4v) is 4.26. The zero-order valence-corrected chi connectivity index (χ0v) is 19.7. The van der Waals surface area contributed by atoms with Crippen LogP contribution in [0.3, 0.4) is 0 Å². The zero-order valence-electron chi connectivity index (χ0n) is 19.7. The Hall–Kier alpha value is -4.44. The smallest absolute Gasteiger partial charge is 0.253 e. The van der Waals surface area contributed by atoms with Gasteiger partial charge in [0, 0.05) is 31.8 Å². The third-order valence-electron chi connectivity index (χ3n) is 6.03. The number of aromatic nitrogens is 3. The van der Waals surface area contributed by atoms with Crippen LogP contribution in [-0.4, -0.2) is 53.1 Å². The third kappa shape index (κ3) is 4.46. The van der Waals surface area contributed by atoms with Crippen molar-refractivity contribution in [3.8, 4) is 5.88 Å². The lowest BCUT2D eigenvalue weighted by Gasteiger charge is -2.26. The van der Waals surface area contributed by atoms with Gasteiger partial charge in [-0.05, 0) is 24.3 Å². The lowest BCUT2D eigenvalue weighted by Crippen LogP contribution is -2.27. The van der Waals surface area contributed by atoms with Crippen LogP contribution in [0.4, 0.5) is 17.3 Å². The number of nitrogens with zero attached hydrogens (tertiary/aromatic N) is 3. The first-order valence-corrected chi connectivity index (χ1v) is 11.7. The summed E-state index contributed by atoms with van der Waals surface area (Å²) in [5.41, 5.74) is 8.08. The lowest BCUT2D eigenvalue weighted by atomic mass is 10.1. The molecule has 0 atom stereocenters. The number of amides is 2. The molecule has 10 nitrogen and oxygen atoms in total. The molecule has 0 unspecified atom stereocenters. The number of anilines is 3. The van der Waals surface area contributed by atoms with E-state index in [0.717, 1.165) is 5.69 Å². The summed E-state index contributed by atoms with van der Waals surface area (Å²) >= 11 is 0. The van der Waals surface area contributed by atoms with Crippen molar-refractivity contribution in [2.24, 2.45) is 5.73 Å². The van der Waals surface area contributed by atoms with Crippen molar-refractivity contribution in [3.05, 3.63) is 71.9 Å². The number of fused-ring (bicyclic) bond motifs is 1. The largest absolute Gasteiger partial charge is 0.474 e. The number of hydrogen-bond donors (Lipinski definition) is 3. The average Bonchev–Trinajstić information content (AvgIpc) is 3.34. The Morgan fingerprint density at radius 2 is 1.78 bits per heavy atom. The van der Waals surface area contributed by atoms with E-state index < -0.39 is 5.91 Å². The average molecular weight is 487 g/mol. The zero-order chi connectivity index (χ0) is 25.1. The van der Waals surface area contributed by atoms with Crippen molar-refractivity contribution in [3.63, 3.8) is 0 Å². The van der Waals surface area contributed by atoms with Gasteiger partial charge < -0.3 is 25.5 Å². The van der Waals surface area contributed by atoms with Gasteiger partial charge in [-0.15, -0.1) is 0 Å². The molecule has 4 N–H and O–H groups in total. The van der Waals surface area contributed by atoms with Crippen LogP contribution in [0.1, 0.15) is 33.6 Å². The minimum absolute atomic E-state index is 0.125. The Kier molecular flexibility index (Phi) is 6.50. The maximum Gasteiger partial charge on any atom is 0.253 e. The van der Waals surface area contributed by atoms with Gasteiger partial charge in [0.15, 0.2) is 0 Å². The summed E-state index contributed by atoms with van der Waals surface area (Å²) in [5, 5.41) is 3.13. The molecule has 1 fully saturated rings. The number of carbonyl (C=O) groups is 2. The Balaban J connectivity index is 1.72. The van der Waals surface area contributed by atoms with Gasteiger partial charge >= 0.3 is 0 Å². The number of hydrogen-bond acceptors (Lipinski definition) is 7. The SMILES string of the molecule is CNC(=O)c1c[nH]c2nc(N(c3ccccc3)c3ccccc3C(N)=O)nc(OC3CCOCC3)c12. The predicted octanol–water partition coefficient (Wildman–Crippen LogP) is 3.44. The molecule has 5 rings (SSSR count). The molecule has 2 amide bonds. The Bertz CT molecular complexity index is 1400. The number of ether oxygens (including phenoxy) is 2. The molecule has 2 aromatic carbocycles. The molecule has 0 aliphatic carbocycles. The van der Waals surface area contributed by atoms with Crippen LogP contribution in [0.15, 0.2) is 60.8 Å². The molecule has 10 heteroatoms. The van der Waals surface area contributed by atoms with Crippen LogP contribution in [0.2, 0.25) is 0 Å². The van der Waals surface area contributed by atoms with Crippen molar-refractivity contribution in [2.75, 3.05) is 25.2 Å². The number of nitrogens with two attached hydrogens (primary N) is 1. The highest BCUT2D eigenvalue weighted by atomic mass is 16.5. The molecule has 1 saturated heterocycles. The highest BCUT2D eigenvalue weighted by Crippen LogP contribution is 2.38. The number of carbonyl (C=O) groups excluding carboxylic acids is 2. The van der Waals surface area contributed by atoms with Gasteiger partial charge in [-0.3, -0.25) is 14.5 Å². The van der Waals surface area contributed by atoms with Crippen molar-refractivity contribution in [1.29, 1.82) is 0 Å². The van der Waals surface area contributed by atoms with Crippen molar-refractivity contribution >= 4 is 40.2 Å². The molecule has 2 aromatic heterocycles. The summed E-state index contributed by atoms with van der Waals surface area (Å²) in [6.07, 6.45) is 2.87. The maximum atomic E-state index is 12.6. The van der Waals surface area contributed by atoms with Crippen LogP contribution in [0.5, 0.6) is 5.88 Å². The Morgan fingerprint density at radius 1 is 1.06 bits per heavy atom. The predicted molar refractivity (Wildman–Crippen MR) is 135 cm³/mol. The van der Waals surface area contributed by atoms with E-state index in [-0.39, 0.29) is 23.8 Å². The fourth-order valence-electron chi connectivity index (χ4n) is 4.26. The van der Waals surface area contributed by atoms with Gasteiger partial charge in [-0.2, -0.15) is 9.97 Å². The number of para-hydroxylation sites is 2. The lowest BCUT2D eigenvalue weighted by molar-refractivity contribution is 0.0244. The molecule has 1 aliphatic heterocycles. The molecule has 184 valence electrons. The van der Waals surface area contributed by atoms with Crippen molar-refractivity contribution < 1.29 is 19.1 Å².